The van der Waals surface area contributed by atoms with Crippen LogP contribution in [0, 0.1) is 28.6 Å². The van der Waals surface area contributed by atoms with Gasteiger partial charge in [0.2, 0.25) is 0 Å². The first-order valence-corrected chi connectivity index (χ1v) is 11.4. The van der Waals surface area contributed by atoms with E-state index >= 15 is 0 Å². The van der Waals surface area contributed by atoms with Crippen LogP contribution in [0.3, 0.4) is 0 Å². The second kappa shape index (κ2) is 7.15. The summed E-state index contributed by atoms with van der Waals surface area (Å²) in [5.41, 5.74) is 1.52. The van der Waals surface area contributed by atoms with Crippen molar-refractivity contribution in [1.82, 2.24) is 9.80 Å². The van der Waals surface area contributed by atoms with E-state index in [0.717, 1.165) is 28.6 Å². The van der Waals surface area contributed by atoms with Gasteiger partial charge in [0.1, 0.15) is 0 Å². The third-order valence-corrected chi connectivity index (χ3v) is 8.22. The maximum Gasteiger partial charge on any atom is 0.00381 e. The number of rotatable bonds is 6. The molecule has 0 unspecified atom stereocenters. The van der Waals surface area contributed by atoms with Crippen molar-refractivity contribution >= 4 is 0 Å². The van der Waals surface area contributed by atoms with Gasteiger partial charge in [0.25, 0.3) is 0 Å². The molecule has 0 bridgehead atoms. The first-order valence-electron chi connectivity index (χ1n) is 11.4. The molecular weight excluding hydrogens is 304 g/mol. The Bertz CT molecular complexity index is 429. The molecule has 2 aliphatic carbocycles. The van der Waals surface area contributed by atoms with Crippen molar-refractivity contribution in [1.29, 1.82) is 0 Å². The molecule has 1 spiro atoms. The number of piperidine rings is 2. The van der Waals surface area contributed by atoms with Gasteiger partial charge in [-0.15, -0.1) is 0 Å². The van der Waals surface area contributed by atoms with Crippen molar-refractivity contribution in [3.8, 4) is 0 Å². The number of likely N-dealkylation sites (tertiary alicyclic amines) is 2. The Hall–Kier alpha value is -0.0800. The molecule has 4 rings (SSSR count). The fourth-order valence-corrected chi connectivity index (χ4v) is 6.63. The molecule has 0 aromatic rings. The van der Waals surface area contributed by atoms with Crippen molar-refractivity contribution in [2.75, 3.05) is 39.8 Å². The molecule has 4 fully saturated rings. The Kier molecular flexibility index (Phi) is 5.23. The number of nitrogens with zero attached hydrogens (tertiary/aromatic N) is 2. The zero-order valence-corrected chi connectivity index (χ0v) is 17.2. The molecule has 25 heavy (non-hydrogen) atoms. The standard InChI is InChI=1S/C23H42N2/c1-19(2)15-23(6-7-23)18-25-10-4-20(5-11-25)14-21-16-22(17-21)8-12-24(3)13-9-22/h19-21H,4-18H2,1-3H3. The van der Waals surface area contributed by atoms with E-state index in [1.165, 1.54) is 77.7 Å². The highest BCUT2D eigenvalue weighted by molar-refractivity contribution is 4.98. The smallest absolute Gasteiger partial charge is 0.00381 e. The third kappa shape index (κ3) is 4.43. The monoisotopic (exact) mass is 346 g/mol. The van der Waals surface area contributed by atoms with Gasteiger partial charge in [-0.1, -0.05) is 13.8 Å². The van der Waals surface area contributed by atoms with Gasteiger partial charge >= 0.3 is 0 Å². The topological polar surface area (TPSA) is 6.48 Å². The average Bonchev–Trinajstić information content (AvgIpc) is 3.28. The van der Waals surface area contributed by atoms with Gasteiger partial charge in [0.05, 0.1) is 0 Å². The molecule has 2 nitrogen and oxygen atoms in total. The highest BCUT2D eigenvalue weighted by Crippen LogP contribution is 2.55. The molecule has 0 aromatic heterocycles. The molecular formula is C23H42N2. The molecule has 144 valence electrons. The summed E-state index contributed by atoms with van der Waals surface area (Å²) in [5, 5.41) is 0. The second-order valence-electron chi connectivity index (χ2n) is 11.1. The molecule has 2 aliphatic heterocycles. The predicted molar refractivity (Wildman–Crippen MR) is 107 cm³/mol. The number of hydrogen-bond donors (Lipinski definition) is 0. The lowest BCUT2D eigenvalue weighted by atomic mass is 9.56. The van der Waals surface area contributed by atoms with Crippen LogP contribution in [0.25, 0.3) is 0 Å². The van der Waals surface area contributed by atoms with Crippen LogP contribution in [-0.2, 0) is 0 Å². The fourth-order valence-electron chi connectivity index (χ4n) is 6.63. The van der Waals surface area contributed by atoms with E-state index in [0.29, 0.717) is 0 Å². The van der Waals surface area contributed by atoms with E-state index in [1.54, 1.807) is 19.3 Å². The van der Waals surface area contributed by atoms with Gasteiger partial charge in [0.15, 0.2) is 0 Å². The average molecular weight is 347 g/mol. The summed E-state index contributed by atoms with van der Waals surface area (Å²) >= 11 is 0. The van der Waals surface area contributed by atoms with Gasteiger partial charge in [-0.2, -0.15) is 0 Å². The zero-order chi connectivity index (χ0) is 17.5. The van der Waals surface area contributed by atoms with Crippen molar-refractivity contribution in [2.24, 2.45) is 28.6 Å². The normalized spacial score (nSPS) is 30.7. The summed E-state index contributed by atoms with van der Waals surface area (Å²) in [6, 6.07) is 0. The van der Waals surface area contributed by atoms with Crippen LogP contribution in [0.4, 0.5) is 0 Å². The molecule has 2 saturated heterocycles. The van der Waals surface area contributed by atoms with E-state index in [4.69, 9.17) is 0 Å². The SMILES string of the molecule is CC(C)CC1(CN2CCC(CC3CC4(CCN(C)CC4)C3)CC2)CC1. The van der Waals surface area contributed by atoms with Crippen molar-refractivity contribution in [3.63, 3.8) is 0 Å². The minimum atomic E-state index is 0.732. The van der Waals surface area contributed by atoms with Gasteiger partial charge in [-0.3, -0.25) is 0 Å². The van der Waals surface area contributed by atoms with E-state index in [1.807, 2.05) is 0 Å². The molecule has 2 heterocycles. The molecule has 2 saturated carbocycles. The molecule has 2 heteroatoms. The maximum atomic E-state index is 2.82. The summed E-state index contributed by atoms with van der Waals surface area (Å²) in [4.78, 5) is 5.35. The van der Waals surface area contributed by atoms with Gasteiger partial charge in [-0.05, 0) is 126 Å². The van der Waals surface area contributed by atoms with Gasteiger partial charge in [0, 0.05) is 6.54 Å². The molecule has 0 N–H and O–H groups in total. The van der Waals surface area contributed by atoms with Crippen LogP contribution in [-0.4, -0.2) is 49.6 Å². The largest absolute Gasteiger partial charge is 0.306 e. The van der Waals surface area contributed by atoms with Gasteiger partial charge < -0.3 is 9.80 Å². The Morgan fingerprint density at radius 1 is 0.880 bits per heavy atom. The van der Waals surface area contributed by atoms with E-state index in [-0.39, 0.29) is 0 Å². The second-order valence-corrected chi connectivity index (χ2v) is 11.1. The zero-order valence-electron chi connectivity index (χ0n) is 17.2. The molecule has 0 atom stereocenters. The lowest BCUT2D eigenvalue weighted by molar-refractivity contribution is -0.0206. The van der Waals surface area contributed by atoms with Gasteiger partial charge in [-0.25, -0.2) is 0 Å². The number of hydrogen-bond acceptors (Lipinski definition) is 2. The Balaban J connectivity index is 1.14. The summed E-state index contributed by atoms with van der Waals surface area (Å²) in [7, 11) is 2.30. The van der Waals surface area contributed by atoms with Crippen molar-refractivity contribution in [2.45, 2.75) is 78.1 Å². The molecule has 0 aromatic carbocycles. The Morgan fingerprint density at radius 3 is 2.08 bits per heavy atom. The molecule has 0 amide bonds. The Morgan fingerprint density at radius 2 is 1.52 bits per heavy atom. The van der Waals surface area contributed by atoms with Crippen LogP contribution >= 0.6 is 0 Å². The summed E-state index contributed by atoms with van der Waals surface area (Å²) in [6.45, 7) is 11.7. The molecule has 4 aliphatic rings. The van der Waals surface area contributed by atoms with Crippen LogP contribution in [0.5, 0.6) is 0 Å². The van der Waals surface area contributed by atoms with E-state index in [2.05, 4.69) is 30.7 Å². The fraction of sp³-hybridized carbons (Fsp3) is 1.00. The lowest BCUT2D eigenvalue weighted by Gasteiger charge is -2.53. The summed E-state index contributed by atoms with van der Waals surface area (Å²) < 4.78 is 0. The van der Waals surface area contributed by atoms with Crippen molar-refractivity contribution < 1.29 is 0 Å². The third-order valence-electron chi connectivity index (χ3n) is 8.22. The minimum absolute atomic E-state index is 0.732. The highest BCUT2D eigenvalue weighted by Gasteiger charge is 2.46. The van der Waals surface area contributed by atoms with Crippen molar-refractivity contribution in [3.05, 3.63) is 0 Å². The quantitative estimate of drug-likeness (QED) is 0.665. The predicted octanol–water partition coefficient (Wildman–Crippen LogP) is 5.04. The summed E-state index contributed by atoms with van der Waals surface area (Å²) in [6.07, 6.45) is 15.1. The van der Waals surface area contributed by atoms with Crippen LogP contribution in [0.15, 0.2) is 0 Å². The van der Waals surface area contributed by atoms with Crippen LogP contribution in [0.2, 0.25) is 0 Å². The maximum absolute atomic E-state index is 2.82. The first kappa shape index (κ1) is 18.3. The minimum Gasteiger partial charge on any atom is -0.306 e. The lowest BCUT2D eigenvalue weighted by Crippen LogP contribution is -2.46. The first-order chi connectivity index (χ1) is 12.0. The molecule has 0 radical (unpaired) electrons. The summed E-state index contributed by atoms with van der Waals surface area (Å²) in [5.74, 6) is 3.01. The Labute approximate surface area is 156 Å². The van der Waals surface area contributed by atoms with E-state index in [9.17, 15) is 0 Å². The van der Waals surface area contributed by atoms with Crippen LogP contribution in [0.1, 0.15) is 78.1 Å². The van der Waals surface area contributed by atoms with E-state index < -0.39 is 0 Å². The van der Waals surface area contributed by atoms with Crippen LogP contribution < -0.4 is 0 Å². The highest BCUT2D eigenvalue weighted by atomic mass is 15.1.